The number of hydrogen-bond donors (Lipinski definition) is 0. The Kier molecular flexibility index (Phi) is 5.24. The maximum Gasteiger partial charge on any atom is 0.104 e. The highest BCUT2D eigenvalue weighted by atomic mass is 35.5. The van der Waals surface area contributed by atoms with Gasteiger partial charge in [-0.3, -0.25) is 0 Å². The van der Waals surface area contributed by atoms with Crippen molar-refractivity contribution in [2.45, 2.75) is 6.54 Å². The normalized spacial score (nSPS) is 10.9. The Balaban J connectivity index is 0.00000169. The zero-order valence-corrected chi connectivity index (χ0v) is 10.8. The summed E-state index contributed by atoms with van der Waals surface area (Å²) in [6.07, 6.45) is 0. The lowest BCUT2D eigenvalue weighted by Crippen LogP contribution is -3.00. The average Bonchev–Trinajstić information content (AvgIpc) is 1.94. The van der Waals surface area contributed by atoms with Crippen LogP contribution < -0.4 is 12.4 Å². The molecule has 1 aromatic rings. The van der Waals surface area contributed by atoms with Crippen molar-refractivity contribution in [1.82, 2.24) is 0 Å². The highest BCUT2D eigenvalue weighted by molar-refractivity contribution is 6.41. The largest absolute Gasteiger partial charge is 1.00 e. The van der Waals surface area contributed by atoms with Crippen LogP contribution in [-0.2, 0) is 6.54 Å². The number of nitrogens with zero attached hydrogens (tertiary/aromatic N) is 1. The lowest BCUT2D eigenvalue weighted by Gasteiger charge is -2.23. The zero-order valence-electron chi connectivity index (χ0n) is 8.52. The van der Waals surface area contributed by atoms with Crippen molar-refractivity contribution in [3.8, 4) is 0 Å². The van der Waals surface area contributed by atoms with E-state index in [9.17, 15) is 0 Å². The van der Waals surface area contributed by atoms with Gasteiger partial charge in [-0.1, -0.05) is 29.3 Å². The monoisotopic (exact) mass is 253 g/mol. The van der Waals surface area contributed by atoms with Gasteiger partial charge in [0.25, 0.3) is 0 Å². The van der Waals surface area contributed by atoms with E-state index in [4.69, 9.17) is 23.2 Å². The molecule has 0 atom stereocenters. The summed E-state index contributed by atoms with van der Waals surface area (Å²) in [5.41, 5.74) is 1.21. The second-order valence-electron chi connectivity index (χ2n) is 4.20. The molecule has 14 heavy (non-hydrogen) atoms. The smallest absolute Gasteiger partial charge is 0.104 e. The summed E-state index contributed by atoms with van der Waals surface area (Å²) in [5.74, 6) is 0. The molecule has 1 rings (SSSR count). The average molecular weight is 255 g/mol. The van der Waals surface area contributed by atoms with Gasteiger partial charge in [-0.25, -0.2) is 0 Å². The fourth-order valence-electron chi connectivity index (χ4n) is 1.19. The minimum atomic E-state index is 0. The molecular weight excluding hydrogens is 240 g/mol. The van der Waals surface area contributed by atoms with Crippen molar-refractivity contribution in [2.24, 2.45) is 0 Å². The first kappa shape index (κ1) is 14.1. The van der Waals surface area contributed by atoms with E-state index < -0.39 is 0 Å². The van der Waals surface area contributed by atoms with E-state index in [0.717, 1.165) is 11.0 Å². The lowest BCUT2D eigenvalue weighted by molar-refractivity contribution is -0.884. The maximum atomic E-state index is 5.90. The van der Waals surface area contributed by atoms with E-state index in [-0.39, 0.29) is 12.4 Å². The van der Waals surface area contributed by atoms with Crippen molar-refractivity contribution < 1.29 is 16.9 Å². The van der Waals surface area contributed by atoms with Crippen LogP contribution >= 0.6 is 23.2 Å². The summed E-state index contributed by atoms with van der Waals surface area (Å²) in [4.78, 5) is 0. The van der Waals surface area contributed by atoms with Gasteiger partial charge in [0.2, 0.25) is 0 Å². The Morgan fingerprint density at radius 2 is 1.64 bits per heavy atom. The molecule has 0 N–H and O–H groups in total. The molecule has 0 saturated heterocycles. The molecule has 0 radical (unpaired) electrons. The van der Waals surface area contributed by atoms with Crippen LogP contribution in [0.25, 0.3) is 0 Å². The zero-order chi connectivity index (χ0) is 10.1. The predicted octanol–water partition coefficient (Wildman–Crippen LogP) is 0.204. The van der Waals surface area contributed by atoms with E-state index >= 15 is 0 Å². The highest BCUT2D eigenvalue weighted by Gasteiger charge is 2.09. The molecule has 1 aromatic carbocycles. The SMILES string of the molecule is C[N+](C)(C)Cc1ccc(Cl)c(Cl)c1.[Cl-]. The number of quaternary nitrogens is 1. The molecule has 0 aliphatic carbocycles. The van der Waals surface area contributed by atoms with Crippen molar-refractivity contribution in [1.29, 1.82) is 0 Å². The van der Waals surface area contributed by atoms with Gasteiger partial charge in [0.1, 0.15) is 6.54 Å². The number of benzene rings is 1. The Labute approximate surface area is 102 Å². The molecule has 0 aliphatic rings. The molecular formula is C10H14Cl3N. The first-order valence-corrected chi connectivity index (χ1v) is 4.88. The molecule has 0 aromatic heterocycles. The van der Waals surface area contributed by atoms with Crippen LogP contribution in [0.15, 0.2) is 18.2 Å². The van der Waals surface area contributed by atoms with Crippen LogP contribution in [0, 0.1) is 0 Å². The van der Waals surface area contributed by atoms with Crippen LogP contribution in [0.1, 0.15) is 5.56 Å². The number of hydrogen-bond acceptors (Lipinski definition) is 0. The van der Waals surface area contributed by atoms with E-state index in [2.05, 4.69) is 21.1 Å². The van der Waals surface area contributed by atoms with Crippen molar-refractivity contribution in [3.05, 3.63) is 33.8 Å². The molecule has 4 heteroatoms. The topological polar surface area (TPSA) is 0 Å². The van der Waals surface area contributed by atoms with Crippen LogP contribution in [0.5, 0.6) is 0 Å². The first-order chi connectivity index (χ1) is 5.88. The Morgan fingerprint density at radius 1 is 1.07 bits per heavy atom. The van der Waals surface area contributed by atoms with Gasteiger partial charge < -0.3 is 16.9 Å². The summed E-state index contributed by atoms with van der Waals surface area (Å²) in [6, 6.07) is 5.78. The van der Waals surface area contributed by atoms with Gasteiger partial charge in [0, 0.05) is 5.56 Å². The fraction of sp³-hybridized carbons (Fsp3) is 0.400. The molecule has 0 heterocycles. The van der Waals surface area contributed by atoms with Crippen LogP contribution in [-0.4, -0.2) is 25.6 Å². The molecule has 0 aliphatic heterocycles. The minimum Gasteiger partial charge on any atom is -1.00 e. The molecule has 0 spiro atoms. The van der Waals surface area contributed by atoms with E-state index in [1.54, 1.807) is 0 Å². The Bertz CT molecular complexity index is 305. The molecule has 0 amide bonds. The summed E-state index contributed by atoms with van der Waals surface area (Å²) >= 11 is 11.7. The summed E-state index contributed by atoms with van der Waals surface area (Å²) in [7, 11) is 6.42. The fourth-order valence-corrected chi connectivity index (χ4v) is 1.51. The van der Waals surface area contributed by atoms with E-state index in [0.29, 0.717) is 10.0 Å². The molecule has 80 valence electrons. The van der Waals surface area contributed by atoms with Crippen molar-refractivity contribution >= 4 is 23.2 Å². The van der Waals surface area contributed by atoms with Gasteiger partial charge in [-0.15, -0.1) is 0 Å². The second kappa shape index (κ2) is 5.22. The van der Waals surface area contributed by atoms with Crippen LogP contribution in [0.2, 0.25) is 10.0 Å². The maximum absolute atomic E-state index is 5.90. The number of halogens is 3. The third-order valence-electron chi connectivity index (χ3n) is 1.64. The molecule has 0 bridgehead atoms. The number of rotatable bonds is 2. The van der Waals surface area contributed by atoms with Gasteiger partial charge >= 0.3 is 0 Å². The highest BCUT2D eigenvalue weighted by Crippen LogP contribution is 2.23. The van der Waals surface area contributed by atoms with Gasteiger partial charge in [-0.05, 0) is 12.1 Å². The quantitative estimate of drug-likeness (QED) is 0.662. The van der Waals surface area contributed by atoms with E-state index in [1.165, 1.54) is 5.56 Å². The molecule has 1 nitrogen and oxygen atoms in total. The third-order valence-corrected chi connectivity index (χ3v) is 2.38. The lowest BCUT2D eigenvalue weighted by atomic mass is 10.2. The van der Waals surface area contributed by atoms with Gasteiger partial charge in [0.15, 0.2) is 0 Å². The molecule has 0 fully saturated rings. The van der Waals surface area contributed by atoms with Gasteiger partial charge in [0.05, 0.1) is 31.2 Å². The standard InChI is InChI=1S/C10H14Cl2N.ClH/c1-13(2,3)7-8-4-5-9(11)10(12)6-8;/h4-6H,7H2,1-3H3;1H/q+1;/p-1. The summed E-state index contributed by atoms with van der Waals surface area (Å²) in [6.45, 7) is 0.955. The minimum absolute atomic E-state index is 0. The van der Waals surface area contributed by atoms with Crippen LogP contribution in [0.4, 0.5) is 0 Å². The summed E-state index contributed by atoms with van der Waals surface area (Å²) in [5, 5.41) is 1.25. The Morgan fingerprint density at radius 3 is 2.07 bits per heavy atom. The second-order valence-corrected chi connectivity index (χ2v) is 5.01. The predicted molar refractivity (Wildman–Crippen MR) is 58.2 cm³/mol. The molecule has 0 saturated carbocycles. The third kappa shape index (κ3) is 4.52. The first-order valence-electron chi connectivity index (χ1n) is 4.13. The van der Waals surface area contributed by atoms with E-state index in [1.807, 2.05) is 18.2 Å². The van der Waals surface area contributed by atoms with Crippen molar-refractivity contribution in [2.75, 3.05) is 21.1 Å². The molecule has 0 unspecified atom stereocenters. The summed E-state index contributed by atoms with van der Waals surface area (Å²) < 4.78 is 0.887. The Hall–Kier alpha value is 0.0500. The van der Waals surface area contributed by atoms with Crippen LogP contribution in [0.3, 0.4) is 0 Å². The van der Waals surface area contributed by atoms with Crippen molar-refractivity contribution in [3.63, 3.8) is 0 Å². The van der Waals surface area contributed by atoms with Gasteiger partial charge in [-0.2, -0.15) is 0 Å².